The van der Waals surface area contributed by atoms with Gasteiger partial charge in [-0.3, -0.25) is 0 Å². The minimum Gasteiger partial charge on any atom is -0.383 e. The maximum Gasteiger partial charge on any atom is 0.390 e. The molecule has 6 heteroatoms. The zero-order chi connectivity index (χ0) is 14.8. The first kappa shape index (κ1) is 14.6. The average molecular weight is 283 g/mol. The SMILES string of the molecule is CN(CCC(F)(F)F)Cc1cc2ccccc2nc1N. The lowest BCUT2D eigenvalue weighted by Crippen LogP contribution is -2.24. The summed E-state index contributed by atoms with van der Waals surface area (Å²) in [5, 5.41) is 0.931. The number of halogens is 3. The summed E-state index contributed by atoms with van der Waals surface area (Å²) in [5.41, 5.74) is 7.38. The highest BCUT2D eigenvalue weighted by molar-refractivity contribution is 5.81. The Morgan fingerprint density at radius 1 is 1.25 bits per heavy atom. The van der Waals surface area contributed by atoms with E-state index in [1.165, 1.54) is 0 Å². The number of fused-ring (bicyclic) bond motifs is 1. The van der Waals surface area contributed by atoms with Gasteiger partial charge < -0.3 is 10.6 Å². The van der Waals surface area contributed by atoms with E-state index in [-0.39, 0.29) is 6.54 Å². The summed E-state index contributed by atoms with van der Waals surface area (Å²) in [6.45, 7) is 0.287. The third-order valence-electron chi connectivity index (χ3n) is 3.05. The van der Waals surface area contributed by atoms with Crippen LogP contribution in [0, 0.1) is 0 Å². The van der Waals surface area contributed by atoms with Crippen molar-refractivity contribution in [2.75, 3.05) is 19.3 Å². The Labute approximate surface area is 115 Å². The minimum absolute atomic E-state index is 0.0598. The van der Waals surface area contributed by atoms with Crippen LogP contribution in [-0.2, 0) is 6.54 Å². The summed E-state index contributed by atoms with van der Waals surface area (Å²) in [7, 11) is 1.64. The Balaban J connectivity index is 2.11. The zero-order valence-electron chi connectivity index (χ0n) is 11.1. The second-order valence-corrected chi connectivity index (χ2v) is 4.83. The molecule has 2 aromatic rings. The number of hydrogen-bond acceptors (Lipinski definition) is 3. The molecule has 1 aromatic heterocycles. The molecule has 0 bridgehead atoms. The molecule has 1 heterocycles. The molecule has 20 heavy (non-hydrogen) atoms. The van der Waals surface area contributed by atoms with Gasteiger partial charge in [0, 0.05) is 24.0 Å². The zero-order valence-corrected chi connectivity index (χ0v) is 11.1. The molecule has 0 saturated carbocycles. The number of hydrogen-bond donors (Lipinski definition) is 1. The summed E-state index contributed by atoms with van der Waals surface area (Å²) in [6, 6.07) is 9.38. The molecular formula is C14H16F3N3. The monoisotopic (exact) mass is 283 g/mol. The Morgan fingerprint density at radius 3 is 2.65 bits per heavy atom. The highest BCUT2D eigenvalue weighted by Crippen LogP contribution is 2.22. The molecule has 0 aliphatic rings. The van der Waals surface area contributed by atoms with Crippen molar-refractivity contribution >= 4 is 16.7 Å². The van der Waals surface area contributed by atoms with E-state index in [0.29, 0.717) is 12.4 Å². The van der Waals surface area contributed by atoms with Crippen molar-refractivity contribution in [1.82, 2.24) is 9.88 Å². The number of benzene rings is 1. The fourth-order valence-electron chi connectivity index (χ4n) is 1.99. The fraction of sp³-hybridized carbons (Fsp3) is 0.357. The van der Waals surface area contributed by atoms with Crippen LogP contribution in [0.3, 0.4) is 0 Å². The number of rotatable bonds is 4. The second-order valence-electron chi connectivity index (χ2n) is 4.83. The molecule has 0 radical (unpaired) electrons. The maximum atomic E-state index is 12.2. The third kappa shape index (κ3) is 3.84. The molecule has 0 unspecified atom stereocenters. The van der Waals surface area contributed by atoms with Gasteiger partial charge in [0.2, 0.25) is 0 Å². The Morgan fingerprint density at radius 2 is 1.95 bits per heavy atom. The van der Waals surface area contributed by atoms with Crippen LogP contribution in [0.4, 0.5) is 19.0 Å². The lowest BCUT2D eigenvalue weighted by Gasteiger charge is -2.18. The molecule has 0 spiro atoms. The van der Waals surface area contributed by atoms with Crippen LogP contribution >= 0.6 is 0 Å². The van der Waals surface area contributed by atoms with Gasteiger partial charge in [-0.25, -0.2) is 4.98 Å². The first-order chi connectivity index (χ1) is 9.35. The molecule has 0 aliphatic heterocycles. The Bertz CT molecular complexity index is 596. The molecule has 1 aromatic carbocycles. The van der Waals surface area contributed by atoms with E-state index in [2.05, 4.69) is 4.98 Å². The standard InChI is InChI=1S/C14H16F3N3/c1-20(7-6-14(15,16)17)9-11-8-10-4-2-3-5-12(10)19-13(11)18/h2-5,8H,6-7,9H2,1H3,(H2,18,19). The van der Waals surface area contributed by atoms with E-state index < -0.39 is 12.6 Å². The van der Waals surface area contributed by atoms with Crippen molar-refractivity contribution in [3.8, 4) is 0 Å². The van der Waals surface area contributed by atoms with Gasteiger partial charge in [-0.2, -0.15) is 13.2 Å². The molecule has 108 valence electrons. The minimum atomic E-state index is -4.14. The normalized spacial score (nSPS) is 12.2. The van der Waals surface area contributed by atoms with Gasteiger partial charge in [-0.15, -0.1) is 0 Å². The van der Waals surface area contributed by atoms with Gasteiger partial charge in [0.15, 0.2) is 0 Å². The Hall–Kier alpha value is -1.82. The number of nitrogens with two attached hydrogens (primary N) is 1. The van der Waals surface area contributed by atoms with E-state index in [1.807, 2.05) is 30.3 Å². The number of para-hydroxylation sites is 1. The van der Waals surface area contributed by atoms with Crippen molar-refractivity contribution in [1.29, 1.82) is 0 Å². The van der Waals surface area contributed by atoms with E-state index in [0.717, 1.165) is 16.5 Å². The van der Waals surface area contributed by atoms with Gasteiger partial charge in [0.1, 0.15) is 5.82 Å². The van der Waals surface area contributed by atoms with Crippen LogP contribution in [0.15, 0.2) is 30.3 Å². The lowest BCUT2D eigenvalue weighted by molar-refractivity contribution is -0.137. The summed E-state index contributed by atoms with van der Waals surface area (Å²) in [6.07, 6.45) is -4.97. The van der Waals surface area contributed by atoms with Gasteiger partial charge in [-0.1, -0.05) is 18.2 Å². The molecule has 0 saturated heterocycles. The summed E-state index contributed by atoms with van der Waals surface area (Å²) < 4.78 is 36.5. The molecule has 3 nitrogen and oxygen atoms in total. The number of pyridine rings is 1. The predicted octanol–water partition coefficient (Wildman–Crippen LogP) is 3.20. The summed E-state index contributed by atoms with van der Waals surface area (Å²) in [5.74, 6) is 0.363. The van der Waals surface area contributed by atoms with Crippen molar-refractivity contribution < 1.29 is 13.2 Å². The second kappa shape index (κ2) is 5.66. The number of nitrogens with zero attached hydrogens (tertiary/aromatic N) is 2. The van der Waals surface area contributed by atoms with E-state index in [4.69, 9.17) is 5.73 Å². The van der Waals surface area contributed by atoms with Gasteiger partial charge in [0.05, 0.1) is 11.9 Å². The number of alkyl halides is 3. The summed E-state index contributed by atoms with van der Waals surface area (Å²) in [4.78, 5) is 5.86. The van der Waals surface area contributed by atoms with Gasteiger partial charge in [0.25, 0.3) is 0 Å². The van der Waals surface area contributed by atoms with Crippen LogP contribution in [0.2, 0.25) is 0 Å². The molecule has 0 aliphatic carbocycles. The van der Waals surface area contributed by atoms with Crippen LogP contribution in [0.1, 0.15) is 12.0 Å². The quantitative estimate of drug-likeness (QED) is 0.937. The molecule has 2 N–H and O–H groups in total. The smallest absolute Gasteiger partial charge is 0.383 e. The van der Waals surface area contributed by atoms with Crippen LogP contribution < -0.4 is 5.73 Å². The molecule has 0 fully saturated rings. The third-order valence-corrected chi connectivity index (χ3v) is 3.05. The van der Waals surface area contributed by atoms with E-state index in [1.54, 1.807) is 11.9 Å². The number of nitrogen functional groups attached to an aromatic ring is 1. The topological polar surface area (TPSA) is 42.2 Å². The van der Waals surface area contributed by atoms with Gasteiger partial charge in [-0.05, 0) is 19.2 Å². The van der Waals surface area contributed by atoms with Crippen LogP contribution in [-0.4, -0.2) is 29.7 Å². The highest BCUT2D eigenvalue weighted by Gasteiger charge is 2.27. The van der Waals surface area contributed by atoms with E-state index >= 15 is 0 Å². The molecule has 0 amide bonds. The predicted molar refractivity (Wildman–Crippen MR) is 73.2 cm³/mol. The largest absolute Gasteiger partial charge is 0.390 e. The van der Waals surface area contributed by atoms with Crippen molar-refractivity contribution in [3.63, 3.8) is 0 Å². The van der Waals surface area contributed by atoms with Crippen molar-refractivity contribution in [2.24, 2.45) is 0 Å². The number of anilines is 1. The Kier molecular flexibility index (Phi) is 4.13. The highest BCUT2D eigenvalue weighted by atomic mass is 19.4. The van der Waals surface area contributed by atoms with Crippen LogP contribution in [0.25, 0.3) is 10.9 Å². The maximum absolute atomic E-state index is 12.2. The first-order valence-corrected chi connectivity index (χ1v) is 6.24. The fourth-order valence-corrected chi connectivity index (χ4v) is 1.99. The molecule has 2 rings (SSSR count). The van der Waals surface area contributed by atoms with Crippen LogP contribution in [0.5, 0.6) is 0 Å². The van der Waals surface area contributed by atoms with Crippen molar-refractivity contribution in [3.05, 3.63) is 35.9 Å². The molecule has 0 atom stereocenters. The number of aromatic nitrogens is 1. The first-order valence-electron chi connectivity index (χ1n) is 6.24. The lowest BCUT2D eigenvalue weighted by atomic mass is 10.1. The average Bonchev–Trinajstić information content (AvgIpc) is 2.36. The van der Waals surface area contributed by atoms with Gasteiger partial charge >= 0.3 is 6.18 Å². The van der Waals surface area contributed by atoms with Crippen molar-refractivity contribution in [2.45, 2.75) is 19.1 Å². The molecular weight excluding hydrogens is 267 g/mol. The summed E-state index contributed by atoms with van der Waals surface area (Å²) >= 11 is 0. The van der Waals surface area contributed by atoms with E-state index in [9.17, 15) is 13.2 Å².